The van der Waals surface area contributed by atoms with Gasteiger partial charge in [-0.05, 0) is 28.1 Å². The van der Waals surface area contributed by atoms with Crippen LogP contribution in [0.3, 0.4) is 0 Å². The van der Waals surface area contributed by atoms with Crippen LogP contribution in [0.15, 0.2) is 22.8 Å². The summed E-state index contributed by atoms with van der Waals surface area (Å²) in [4.78, 5) is 0. The van der Waals surface area contributed by atoms with Gasteiger partial charge in [-0.3, -0.25) is 0 Å². The number of hydrogen-bond donors (Lipinski definition) is 1. The molecule has 0 aliphatic rings. The van der Waals surface area contributed by atoms with Crippen LogP contribution in [0.1, 0.15) is 0 Å². The Morgan fingerprint density at radius 1 is 1.19 bits per heavy atom. The molecule has 0 fully saturated rings. The smallest absolute Gasteiger partial charge is 0.161 e. The number of benzene rings is 1. The molecule has 0 aliphatic heterocycles. The van der Waals surface area contributed by atoms with Gasteiger partial charge in [0.15, 0.2) is 11.5 Å². The quantitative estimate of drug-likeness (QED) is 0.939. The Hall–Kier alpha value is -1.56. The first kappa shape index (κ1) is 10.9. The van der Waals surface area contributed by atoms with E-state index in [1.807, 2.05) is 12.1 Å². The Bertz CT molecular complexity index is 485. The Morgan fingerprint density at radius 3 is 2.44 bits per heavy atom. The normalized spacial score (nSPS) is 10.2. The zero-order valence-electron chi connectivity index (χ0n) is 8.82. The van der Waals surface area contributed by atoms with Gasteiger partial charge in [0.05, 0.1) is 20.4 Å². The van der Waals surface area contributed by atoms with Crippen molar-refractivity contribution >= 4 is 15.9 Å². The number of H-pyrrole nitrogens is 1. The summed E-state index contributed by atoms with van der Waals surface area (Å²) in [5.41, 5.74) is 1.64. The van der Waals surface area contributed by atoms with Crippen molar-refractivity contribution in [2.45, 2.75) is 0 Å². The molecule has 84 valence electrons. The van der Waals surface area contributed by atoms with Crippen molar-refractivity contribution < 1.29 is 9.47 Å². The van der Waals surface area contributed by atoms with E-state index in [4.69, 9.17) is 9.47 Å². The lowest BCUT2D eigenvalue weighted by Gasteiger charge is -2.10. The van der Waals surface area contributed by atoms with Crippen LogP contribution in [0.25, 0.3) is 11.3 Å². The van der Waals surface area contributed by atoms with E-state index in [2.05, 4.69) is 31.3 Å². The van der Waals surface area contributed by atoms with Crippen molar-refractivity contribution in [3.63, 3.8) is 0 Å². The first-order valence-corrected chi connectivity index (χ1v) is 5.33. The summed E-state index contributed by atoms with van der Waals surface area (Å²) < 4.78 is 11.3. The molecule has 0 unspecified atom stereocenters. The molecular weight excluding hydrogens is 274 g/mol. The van der Waals surface area contributed by atoms with Crippen LogP contribution in [0, 0.1) is 0 Å². The summed E-state index contributed by atoms with van der Waals surface area (Å²) in [5.74, 6) is 1.32. The molecule has 0 atom stereocenters. The number of rotatable bonds is 3. The summed E-state index contributed by atoms with van der Waals surface area (Å²) in [6.07, 6.45) is 1.64. The average Bonchev–Trinajstić information content (AvgIpc) is 2.82. The first-order valence-electron chi connectivity index (χ1n) is 4.54. The van der Waals surface area contributed by atoms with Gasteiger partial charge in [-0.25, -0.2) is 0 Å². The fraction of sp³-hybridized carbons (Fsp3) is 0.200. The second-order valence-corrected chi connectivity index (χ2v) is 3.90. The molecule has 0 bridgehead atoms. The maximum Gasteiger partial charge on any atom is 0.161 e. The molecule has 0 saturated heterocycles. The lowest BCUT2D eigenvalue weighted by atomic mass is 10.1. The highest BCUT2D eigenvalue weighted by atomic mass is 79.9. The van der Waals surface area contributed by atoms with E-state index in [9.17, 15) is 0 Å². The molecular formula is C10H10BrN3O2. The minimum atomic E-state index is 0.656. The third-order valence-corrected chi connectivity index (χ3v) is 2.82. The highest BCUT2D eigenvalue weighted by Crippen LogP contribution is 2.37. The lowest BCUT2D eigenvalue weighted by Crippen LogP contribution is -1.92. The van der Waals surface area contributed by atoms with Gasteiger partial charge in [-0.1, -0.05) is 0 Å². The monoisotopic (exact) mass is 283 g/mol. The van der Waals surface area contributed by atoms with E-state index in [1.54, 1.807) is 20.4 Å². The number of methoxy groups -OCH3 is 2. The molecule has 0 spiro atoms. The van der Waals surface area contributed by atoms with Gasteiger partial charge < -0.3 is 9.47 Å². The van der Waals surface area contributed by atoms with Gasteiger partial charge in [0.1, 0.15) is 5.69 Å². The number of halogens is 1. The van der Waals surface area contributed by atoms with Gasteiger partial charge in [-0.15, -0.1) is 0 Å². The van der Waals surface area contributed by atoms with Crippen LogP contribution in [0.4, 0.5) is 0 Å². The van der Waals surface area contributed by atoms with E-state index >= 15 is 0 Å². The minimum absolute atomic E-state index is 0.656. The molecule has 1 aromatic carbocycles. The number of nitrogens with one attached hydrogen (secondary N) is 1. The molecule has 0 amide bonds. The highest BCUT2D eigenvalue weighted by Gasteiger charge is 2.12. The van der Waals surface area contributed by atoms with E-state index < -0.39 is 0 Å². The standard InChI is InChI=1S/C10H10BrN3O2/c1-15-9-3-6(8-5-12-14-13-8)7(11)4-10(9)16-2/h3-5H,1-2H3,(H,12,13,14). The molecule has 2 rings (SSSR count). The van der Waals surface area contributed by atoms with E-state index in [0.29, 0.717) is 11.5 Å². The number of aromatic nitrogens is 3. The van der Waals surface area contributed by atoms with Crippen LogP contribution in [-0.4, -0.2) is 29.6 Å². The lowest BCUT2D eigenvalue weighted by molar-refractivity contribution is 0.355. The molecule has 1 heterocycles. The van der Waals surface area contributed by atoms with Crippen LogP contribution in [0.2, 0.25) is 0 Å². The molecule has 0 saturated carbocycles. The van der Waals surface area contributed by atoms with Crippen molar-refractivity contribution in [1.82, 2.24) is 15.4 Å². The second-order valence-electron chi connectivity index (χ2n) is 3.04. The van der Waals surface area contributed by atoms with E-state index in [-0.39, 0.29) is 0 Å². The molecule has 16 heavy (non-hydrogen) atoms. The highest BCUT2D eigenvalue weighted by molar-refractivity contribution is 9.10. The fourth-order valence-electron chi connectivity index (χ4n) is 1.38. The Balaban J connectivity index is 2.55. The zero-order chi connectivity index (χ0) is 11.5. The SMILES string of the molecule is COc1cc(Br)c(-c2cn[nH]n2)cc1OC. The van der Waals surface area contributed by atoms with Gasteiger partial charge in [-0.2, -0.15) is 15.4 Å². The van der Waals surface area contributed by atoms with Crippen LogP contribution < -0.4 is 9.47 Å². The predicted octanol–water partition coefficient (Wildman–Crippen LogP) is 2.25. The first-order chi connectivity index (χ1) is 7.76. The third-order valence-electron chi connectivity index (χ3n) is 2.16. The third kappa shape index (κ3) is 1.88. The Kier molecular flexibility index (Phi) is 3.09. The fourth-order valence-corrected chi connectivity index (χ4v) is 1.91. The molecule has 1 aromatic heterocycles. The number of nitrogens with zero attached hydrogens (tertiary/aromatic N) is 2. The summed E-state index contributed by atoms with van der Waals surface area (Å²) in [6, 6.07) is 3.68. The Morgan fingerprint density at radius 2 is 1.88 bits per heavy atom. The van der Waals surface area contributed by atoms with Crippen molar-refractivity contribution in [3.05, 3.63) is 22.8 Å². The van der Waals surface area contributed by atoms with Crippen molar-refractivity contribution in [3.8, 4) is 22.8 Å². The van der Waals surface area contributed by atoms with Gasteiger partial charge >= 0.3 is 0 Å². The predicted molar refractivity (Wildman–Crippen MR) is 62.6 cm³/mol. The number of ether oxygens (including phenoxy) is 2. The zero-order valence-corrected chi connectivity index (χ0v) is 10.4. The topological polar surface area (TPSA) is 60.0 Å². The van der Waals surface area contributed by atoms with Crippen LogP contribution in [0.5, 0.6) is 11.5 Å². The van der Waals surface area contributed by atoms with Crippen molar-refractivity contribution in [1.29, 1.82) is 0 Å². The van der Waals surface area contributed by atoms with Crippen molar-refractivity contribution in [2.75, 3.05) is 14.2 Å². The average molecular weight is 284 g/mol. The molecule has 1 N–H and O–H groups in total. The summed E-state index contributed by atoms with van der Waals surface area (Å²) >= 11 is 3.46. The largest absolute Gasteiger partial charge is 0.493 e. The number of aromatic amines is 1. The van der Waals surface area contributed by atoms with Crippen LogP contribution in [-0.2, 0) is 0 Å². The maximum absolute atomic E-state index is 5.23. The molecule has 5 nitrogen and oxygen atoms in total. The molecule has 2 aromatic rings. The van der Waals surface area contributed by atoms with E-state index in [0.717, 1.165) is 15.7 Å². The number of hydrogen-bond acceptors (Lipinski definition) is 4. The van der Waals surface area contributed by atoms with Gasteiger partial charge in [0.2, 0.25) is 0 Å². The molecule has 0 aliphatic carbocycles. The van der Waals surface area contributed by atoms with Crippen molar-refractivity contribution in [2.24, 2.45) is 0 Å². The van der Waals surface area contributed by atoms with Gasteiger partial charge in [0.25, 0.3) is 0 Å². The Labute approximate surface area is 101 Å². The summed E-state index contributed by atoms with van der Waals surface area (Å²) in [5, 5.41) is 10.4. The second kappa shape index (κ2) is 4.52. The molecule has 6 heteroatoms. The van der Waals surface area contributed by atoms with Crippen LogP contribution >= 0.6 is 15.9 Å². The summed E-state index contributed by atoms with van der Waals surface area (Å²) in [7, 11) is 3.19. The summed E-state index contributed by atoms with van der Waals surface area (Å²) in [6.45, 7) is 0. The van der Waals surface area contributed by atoms with E-state index in [1.165, 1.54) is 0 Å². The maximum atomic E-state index is 5.23. The van der Waals surface area contributed by atoms with Gasteiger partial charge in [0, 0.05) is 10.0 Å². The molecule has 0 radical (unpaired) electrons. The minimum Gasteiger partial charge on any atom is -0.493 e.